The van der Waals surface area contributed by atoms with E-state index in [1.807, 2.05) is 0 Å². The molecule has 0 aliphatic rings. The van der Waals surface area contributed by atoms with Crippen LogP contribution in [-0.2, 0) is 0 Å². The average Bonchev–Trinajstić information content (AvgIpc) is 2.35. The van der Waals surface area contributed by atoms with Crippen LogP contribution in [0.3, 0.4) is 0 Å². The van der Waals surface area contributed by atoms with Gasteiger partial charge in [0.1, 0.15) is 0 Å². The number of rotatable bonds is 3. The Hall–Kier alpha value is -2.34. The topological polar surface area (TPSA) is 94.1 Å². The molecular weight excluding hydrogens is 268 g/mol. The summed E-state index contributed by atoms with van der Waals surface area (Å²) in [5.41, 5.74) is 7.22. The number of pyridine rings is 1. The number of nitrogens with zero attached hydrogens (tertiary/aromatic N) is 2. The molecule has 0 unspecified atom stereocenters. The lowest BCUT2D eigenvalue weighted by atomic mass is 10.2. The van der Waals surface area contributed by atoms with Gasteiger partial charge in [-0.15, -0.1) is 0 Å². The normalized spacial score (nSPS) is 10.2. The minimum absolute atomic E-state index is 0.113. The molecule has 1 aromatic heterocycles. The van der Waals surface area contributed by atoms with Crippen molar-refractivity contribution in [3.8, 4) is 0 Å². The van der Waals surface area contributed by atoms with E-state index in [2.05, 4.69) is 10.3 Å². The van der Waals surface area contributed by atoms with E-state index in [1.165, 1.54) is 12.3 Å². The van der Waals surface area contributed by atoms with E-state index in [4.69, 9.17) is 17.3 Å². The molecule has 0 spiro atoms. The second-order valence-corrected chi connectivity index (χ2v) is 4.41. The number of halogens is 1. The first-order chi connectivity index (χ1) is 8.97. The number of nitrogens with two attached hydrogens (primary N) is 1. The maximum atomic E-state index is 11.0. The molecule has 2 rings (SSSR count). The molecule has 0 saturated heterocycles. The van der Waals surface area contributed by atoms with E-state index in [9.17, 15) is 10.1 Å². The van der Waals surface area contributed by atoms with E-state index in [0.717, 1.165) is 0 Å². The van der Waals surface area contributed by atoms with E-state index < -0.39 is 4.92 Å². The van der Waals surface area contributed by atoms with Crippen molar-refractivity contribution in [2.24, 2.45) is 0 Å². The lowest BCUT2D eigenvalue weighted by molar-refractivity contribution is -0.384. The molecule has 1 aromatic carbocycles. The molecule has 0 bridgehead atoms. The van der Waals surface area contributed by atoms with E-state index >= 15 is 0 Å². The van der Waals surface area contributed by atoms with Gasteiger partial charge in [-0.3, -0.25) is 10.1 Å². The maximum Gasteiger partial charge on any atom is 0.311 e. The molecular formula is C12H11ClN4O2. The second kappa shape index (κ2) is 5.11. The number of nitrogens with one attached hydrogen (secondary N) is 1. The van der Waals surface area contributed by atoms with Crippen molar-refractivity contribution in [2.45, 2.75) is 6.92 Å². The summed E-state index contributed by atoms with van der Waals surface area (Å²) in [5.74, 6) is 0.128. The van der Waals surface area contributed by atoms with Gasteiger partial charge >= 0.3 is 5.69 Å². The highest BCUT2D eigenvalue weighted by atomic mass is 35.5. The molecule has 7 heteroatoms. The Morgan fingerprint density at radius 1 is 1.42 bits per heavy atom. The number of anilines is 3. The zero-order chi connectivity index (χ0) is 14.0. The van der Waals surface area contributed by atoms with Crippen molar-refractivity contribution in [3.63, 3.8) is 0 Å². The van der Waals surface area contributed by atoms with Crippen molar-refractivity contribution >= 4 is 34.5 Å². The molecule has 0 radical (unpaired) electrons. The maximum absolute atomic E-state index is 11.0. The van der Waals surface area contributed by atoms with Gasteiger partial charge in [-0.2, -0.15) is 0 Å². The Morgan fingerprint density at radius 3 is 2.84 bits per heavy atom. The van der Waals surface area contributed by atoms with Crippen LogP contribution in [0.15, 0.2) is 30.5 Å². The largest absolute Gasteiger partial charge is 0.399 e. The Morgan fingerprint density at radius 2 is 2.16 bits per heavy atom. The third-order valence-corrected chi connectivity index (χ3v) is 2.77. The fourth-order valence-corrected chi connectivity index (χ4v) is 1.72. The van der Waals surface area contributed by atoms with Crippen molar-refractivity contribution in [1.82, 2.24) is 4.98 Å². The zero-order valence-corrected chi connectivity index (χ0v) is 10.8. The number of aromatic nitrogens is 1. The van der Waals surface area contributed by atoms with Crippen LogP contribution < -0.4 is 11.1 Å². The molecule has 1 heterocycles. The molecule has 0 fully saturated rings. The molecule has 2 aromatic rings. The summed E-state index contributed by atoms with van der Waals surface area (Å²) >= 11 is 5.99. The highest BCUT2D eigenvalue weighted by Gasteiger charge is 2.16. The predicted octanol–water partition coefficient (Wildman–Crippen LogP) is 3.28. The van der Waals surface area contributed by atoms with Crippen LogP contribution in [0.1, 0.15) is 5.56 Å². The lowest BCUT2D eigenvalue weighted by Crippen LogP contribution is -2.01. The molecule has 0 aliphatic carbocycles. The third kappa shape index (κ3) is 2.92. The van der Waals surface area contributed by atoms with E-state index in [1.54, 1.807) is 25.1 Å². The van der Waals surface area contributed by atoms with Gasteiger partial charge in [0.25, 0.3) is 0 Å². The monoisotopic (exact) mass is 278 g/mol. The number of hydrogen-bond donors (Lipinski definition) is 2. The number of nitro groups is 1. The Labute approximate surface area is 114 Å². The van der Waals surface area contributed by atoms with Crippen LogP contribution in [-0.4, -0.2) is 9.91 Å². The third-order valence-electron chi connectivity index (χ3n) is 2.44. The molecule has 3 N–H and O–H groups in total. The molecule has 0 amide bonds. The Balaban J connectivity index is 2.43. The van der Waals surface area contributed by atoms with Crippen molar-refractivity contribution in [2.75, 3.05) is 11.1 Å². The summed E-state index contributed by atoms with van der Waals surface area (Å²) in [6.07, 6.45) is 1.54. The Kier molecular flexibility index (Phi) is 3.52. The van der Waals surface area contributed by atoms with Crippen molar-refractivity contribution in [3.05, 3.63) is 51.2 Å². The first-order valence-corrected chi connectivity index (χ1v) is 5.78. The second-order valence-electron chi connectivity index (χ2n) is 4.00. The van der Waals surface area contributed by atoms with Gasteiger partial charge in [0.05, 0.1) is 15.6 Å². The molecule has 98 valence electrons. The smallest absolute Gasteiger partial charge is 0.311 e. The van der Waals surface area contributed by atoms with Crippen LogP contribution in [0.2, 0.25) is 5.02 Å². The van der Waals surface area contributed by atoms with E-state index in [0.29, 0.717) is 22.0 Å². The quantitative estimate of drug-likeness (QED) is 0.510. The van der Waals surface area contributed by atoms with Crippen LogP contribution in [0.5, 0.6) is 0 Å². The van der Waals surface area contributed by atoms with Crippen LogP contribution in [0.4, 0.5) is 22.9 Å². The number of aryl methyl sites for hydroxylation is 1. The minimum atomic E-state index is -0.497. The first kappa shape index (κ1) is 13.1. The predicted molar refractivity (Wildman–Crippen MR) is 74.8 cm³/mol. The Bertz CT molecular complexity index is 646. The van der Waals surface area contributed by atoms with Gasteiger partial charge in [-0.05, 0) is 30.7 Å². The van der Waals surface area contributed by atoms with Crippen molar-refractivity contribution in [1.29, 1.82) is 0 Å². The fourth-order valence-electron chi connectivity index (χ4n) is 1.56. The van der Waals surface area contributed by atoms with Gasteiger partial charge in [-0.1, -0.05) is 11.6 Å². The molecule has 6 nitrogen and oxygen atoms in total. The van der Waals surface area contributed by atoms with Gasteiger partial charge in [0, 0.05) is 18.0 Å². The van der Waals surface area contributed by atoms with Gasteiger partial charge in [-0.25, -0.2) is 4.98 Å². The van der Waals surface area contributed by atoms with Gasteiger partial charge in [0.15, 0.2) is 0 Å². The number of benzene rings is 1. The lowest BCUT2D eigenvalue weighted by Gasteiger charge is -2.09. The molecule has 0 atom stereocenters. The number of nitrogen functional groups attached to an aromatic ring is 1. The summed E-state index contributed by atoms with van der Waals surface area (Å²) in [6, 6.07) is 6.28. The highest BCUT2D eigenvalue weighted by Crippen LogP contribution is 2.31. The summed E-state index contributed by atoms with van der Waals surface area (Å²) < 4.78 is 0. The minimum Gasteiger partial charge on any atom is -0.399 e. The average molecular weight is 279 g/mol. The summed E-state index contributed by atoms with van der Waals surface area (Å²) in [4.78, 5) is 14.5. The van der Waals surface area contributed by atoms with Crippen LogP contribution >= 0.6 is 11.6 Å². The summed E-state index contributed by atoms with van der Waals surface area (Å²) in [6.45, 7) is 1.73. The SMILES string of the molecule is Cc1cnc(Nc2cc(N)ccc2Cl)c([N+](=O)[O-])c1. The summed E-state index contributed by atoms with van der Waals surface area (Å²) in [5, 5.41) is 14.2. The summed E-state index contributed by atoms with van der Waals surface area (Å²) in [7, 11) is 0. The highest BCUT2D eigenvalue weighted by molar-refractivity contribution is 6.33. The standard InChI is InChI=1S/C12H11ClN4O2/c1-7-4-11(17(18)19)12(15-6-7)16-10-5-8(14)2-3-9(10)13/h2-6H,14H2,1H3,(H,15,16). The van der Waals surface area contributed by atoms with Crippen LogP contribution in [0.25, 0.3) is 0 Å². The van der Waals surface area contributed by atoms with Gasteiger partial charge < -0.3 is 11.1 Å². The number of hydrogen-bond acceptors (Lipinski definition) is 5. The molecule has 0 saturated carbocycles. The van der Waals surface area contributed by atoms with E-state index in [-0.39, 0.29) is 11.5 Å². The molecule has 19 heavy (non-hydrogen) atoms. The first-order valence-electron chi connectivity index (χ1n) is 5.40. The zero-order valence-electron chi connectivity index (χ0n) is 10.1. The van der Waals surface area contributed by atoms with Crippen LogP contribution in [0, 0.1) is 17.0 Å². The van der Waals surface area contributed by atoms with Crippen molar-refractivity contribution < 1.29 is 4.92 Å². The molecule has 0 aliphatic heterocycles. The fraction of sp³-hybridized carbons (Fsp3) is 0.0833. The van der Waals surface area contributed by atoms with Gasteiger partial charge in [0.2, 0.25) is 5.82 Å².